The maximum absolute atomic E-state index is 10.6. The number of H-pyrrole nitrogens is 1. The zero-order valence-electron chi connectivity index (χ0n) is 6.45. The van der Waals surface area contributed by atoms with Gasteiger partial charge in [0.2, 0.25) is 0 Å². The number of imidazole rings is 1. The van der Waals surface area contributed by atoms with Crippen molar-refractivity contribution in [1.82, 2.24) is 15.4 Å². The van der Waals surface area contributed by atoms with E-state index in [2.05, 4.69) is 9.97 Å². The molecule has 1 aromatic rings. The minimum atomic E-state index is -0.318. The number of carbonyl (C=O) groups excluding carboxylic acids is 1. The normalized spacial score (nSPS) is 10.4. The number of nitrogens with zero attached hydrogens (tertiary/aromatic N) is 1. The zero-order chi connectivity index (χ0) is 8.81. The van der Waals surface area contributed by atoms with Gasteiger partial charge in [-0.1, -0.05) is 6.08 Å². The standard InChI is InChI=1S/C7H10N4O/c8-11-7(12)3-1-2-6-9-4-5-10-6/h1,3-5H,2,8H2,(H,9,10)(H,11,12). The first-order valence-electron chi connectivity index (χ1n) is 3.48. The summed E-state index contributed by atoms with van der Waals surface area (Å²) in [4.78, 5) is 17.5. The molecule has 1 aromatic heterocycles. The number of allylic oxidation sites excluding steroid dienone is 1. The second kappa shape index (κ2) is 4.30. The van der Waals surface area contributed by atoms with E-state index in [-0.39, 0.29) is 5.91 Å². The molecule has 0 fully saturated rings. The lowest BCUT2D eigenvalue weighted by Gasteiger charge is -1.89. The van der Waals surface area contributed by atoms with E-state index >= 15 is 0 Å². The molecule has 0 spiro atoms. The van der Waals surface area contributed by atoms with Gasteiger partial charge in [0.25, 0.3) is 5.91 Å². The van der Waals surface area contributed by atoms with Crippen LogP contribution in [0.4, 0.5) is 0 Å². The average Bonchev–Trinajstić information content (AvgIpc) is 2.57. The number of aromatic nitrogens is 2. The van der Waals surface area contributed by atoms with Crippen LogP contribution in [-0.2, 0) is 11.2 Å². The van der Waals surface area contributed by atoms with Crippen molar-refractivity contribution in [1.29, 1.82) is 0 Å². The lowest BCUT2D eigenvalue weighted by Crippen LogP contribution is -2.28. The van der Waals surface area contributed by atoms with Crippen molar-refractivity contribution in [3.05, 3.63) is 30.4 Å². The third-order valence-corrected chi connectivity index (χ3v) is 1.28. The minimum Gasteiger partial charge on any atom is -0.348 e. The number of nitrogens with two attached hydrogens (primary N) is 1. The van der Waals surface area contributed by atoms with Gasteiger partial charge in [-0.3, -0.25) is 10.2 Å². The zero-order valence-corrected chi connectivity index (χ0v) is 6.45. The van der Waals surface area contributed by atoms with E-state index in [4.69, 9.17) is 5.84 Å². The average molecular weight is 166 g/mol. The number of hydrogen-bond donors (Lipinski definition) is 3. The first kappa shape index (κ1) is 8.48. The number of amides is 1. The molecule has 0 aromatic carbocycles. The molecule has 0 atom stereocenters. The highest BCUT2D eigenvalue weighted by molar-refractivity contribution is 5.86. The molecular formula is C7H10N4O. The van der Waals surface area contributed by atoms with Crippen LogP contribution in [0.2, 0.25) is 0 Å². The number of aromatic amines is 1. The van der Waals surface area contributed by atoms with Crippen LogP contribution in [-0.4, -0.2) is 15.9 Å². The van der Waals surface area contributed by atoms with Gasteiger partial charge in [0.15, 0.2) is 0 Å². The van der Waals surface area contributed by atoms with Crippen LogP contribution >= 0.6 is 0 Å². The molecule has 0 aliphatic carbocycles. The van der Waals surface area contributed by atoms with Crippen LogP contribution in [0.15, 0.2) is 24.5 Å². The van der Waals surface area contributed by atoms with Gasteiger partial charge < -0.3 is 4.98 Å². The quantitative estimate of drug-likeness (QED) is 0.245. The highest BCUT2D eigenvalue weighted by atomic mass is 16.2. The summed E-state index contributed by atoms with van der Waals surface area (Å²) in [6.45, 7) is 0. The smallest absolute Gasteiger partial charge is 0.257 e. The summed E-state index contributed by atoms with van der Waals surface area (Å²) in [6.07, 6.45) is 7.03. The molecule has 0 radical (unpaired) electrons. The number of nitrogens with one attached hydrogen (secondary N) is 2. The number of hydrogen-bond acceptors (Lipinski definition) is 3. The van der Waals surface area contributed by atoms with Crippen molar-refractivity contribution in [3.8, 4) is 0 Å². The Labute approximate surface area is 69.7 Å². The predicted octanol–water partition coefficient (Wildman–Crippen LogP) is -0.502. The summed E-state index contributed by atoms with van der Waals surface area (Å²) in [5.41, 5.74) is 1.99. The maximum atomic E-state index is 10.6. The Hall–Kier alpha value is -1.62. The molecule has 0 saturated heterocycles. The fourth-order valence-electron chi connectivity index (χ4n) is 0.735. The Balaban J connectivity index is 2.35. The lowest BCUT2D eigenvalue weighted by molar-refractivity contribution is -0.116. The molecule has 0 aliphatic rings. The Morgan fingerprint density at radius 1 is 1.83 bits per heavy atom. The van der Waals surface area contributed by atoms with Gasteiger partial charge >= 0.3 is 0 Å². The second-order valence-electron chi connectivity index (χ2n) is 2.15. The first-order valence-corrected chi connectivity index (χ1v) is 3.48. The van der Waals surface area contributed by atoms with Gasteiger partial charge in [-0.25, -0.2) is 10.8 Å². The summed E-state index contributed by atoms with van der Waals surface area (Å²) >= 11 is 0. The van der Waals surface area contributed by atoms with Gasteiger partial charge in [-0.05, 0) is 0 Å². The van der Waals surface area contributed by atoms with Crippen molar-refractivity contribution in [2.45, 2.75) is 6.42 Å². The molecule has 0 bridgehead atoms. The Kier molecular flexibility index (Phi) is 3.04. The Bertz CT molecular complexity index is 265. The molecule has 4 N–H and O–H groups in total. The topological polar surface area (TPSA) is 83.8 Å². The summed E-state index contributed by atoms with van der Waals surface area (Å²) in [5, 5.41) is 0. The van der Waals surface area contributed by atoms with E-state index in [1.54, 1.807) is 18.5 Å². The third kappa shape index (κ3) is 2.55. The molecule has 5 heteroatoms. The van der Waals surface area contributed by atoms with Crippen LogP contribution in [0, 0.1) is 0 Å². The molecule has 0 aliphatic heterocycles. The van der Waals surface area contributed by atoms with E-state index in [0.717, 1.165) is 5.82 Å². The van der Waals surface area contributed by atoms with E-state index in [1.807, 2.05) is 5.43 Å². The van der Waals surface area contributed by atoms with Gasteiger partial charge in [-0.15, -0.1) is 0 Å². The van der Waals surface area contributed by atoms with Crippen molar-refractivity contribution < 1.29 is 4.79 Å². The van der Waals surface area contributed by atoms with Crippen LogP contribution in [0.25, 0.3) is 0 Å². The Morgan fingerprint density at radius 3 is 3.25 bits per heavy atom. The van der Waals surface area contributed by atoms with Crippen molar-refractivity contribution in [3.63, 3.8) is 0 Å². The van der Waals surface area contributed by atoms with E-state index in [0.29, 0.717) is 6.42 Å². The molecule has 1 heterocycles. The van der Waals surface area contributed by atoms with Gasteiger partial charge in [0.05, 0.1) is 0 Å². The monoisotopic (exact) mass is 166 g/mol. The molecular weight excluding hydrogens is 156 g/mol. The van der Waals surface area contributed by atoms with E-state index in [1.165, 1.54) is 6.08 Å². The molecule has 64 valence electrons. The second-order valence-corrected chi connectivity index (χ2v) is 2.15. The van der Waals surface area contributed by atoms with Crippen molar-refractivity contribution in [2.24, 2.45) is 5.84 Å². The highest BCUT2D eigenvalue weighted by Gasteiger charge is 1.91. The molecule has 12 heavy (non-hydrogen) atoms. The van der Waals surface area contributed by atoms with Gasteiger partial charge in [-0.2, -0.15) is 0 Å². The molecule has 1 rings (SSSR count). The summed E-state index contributed by atoms with van der Waals surface area (Å²) in [6, 6.07) is 0. The minimum absolute atomic E-state index is 0.318. The fourth-order valence-corrected chi connectivity index (χ4v) is 0.735. The number of hydrazine groups is 1. The SMILES string of the molecule is NNC(=O)C=CCc1ncc[nH]1. The van der Waals surface area contributed by atoms with E-state index < -0.39 is 0 Å². The molecule has 5 nitrogen and oxygen atoms in total. The van der Waals surface area contributed by atoms with Gasteiger partial charge in [0.1, 0.15) is 5.82 Å². The summed E-state index contributed by atoms with van der Waals surface area (Å²) in [7, 11) is 0. The number of carbonyl (C=O) groups is 1. The predicted molar refractivity (Wildman–Crippen MR) is 43.8 cm³/mol. The van der Waals surface area contributed by atoms with E-state index in [9.17, 15) is 4.79 Å². The summed E-state index contributed by atoms with van der Waals surface area (Å²) < 4.78 is 0. The fraction of sp³-hybridized carbons (Fsp3) is 0.143. The van der Waals surface area contributed by atoms with Crippen LogP contribution < -0.4 is 11.3 Å². The largest absolute Gasteiger partial charge is 0.348 e. The lowest BCUT2D eigenvalue weighted by atomic mass is 10.3. The first-order chi connectivity index (χ1) is 5.83. The van der Waals surface area contributed by atoms with Gasteiger partial charge in [0, 0.05) is 24.9 Å². The van der Waals surface area contributed by atoms with Crippen LogP contribution in [0.5, 0.6) is 0 Å². The Morgan fingerprint density at radius 2 is 2.67 bits per heavy atom. The molecule has 0 unspecified atom stereocenters. The summed E-state index contributed by atoms with van der Waals surface area (Å²) in [5.74, 6) is 5.36. The van der Waals surface area contributed by atoms with Crippen LogP contribution in [0.1, 0.15) is 5.82 Å². The number of rotatable bonds is 3. The highest BCUT2D eigenvalue weighted by Crippen LogP contribution is 1.90. The van der Waals surface area contributed by atoms with Crippen molar-refractivity contribution >= 4 is 5.91 Å². The van der Waals surface area contributed by atoms with Crippen LogP contribution in [0.3, 0.4) is 0 Å². The third-order valence-electron chi connectivity index (χ3n) is 1.28. The molecule has 0 saturated carbocycles. The maximum Gasteiger partial charge on any atom is 0.257 e. The molecule has 1 amide bonds. The van der Waals surface area contributed by atoms with Crippen molar-refractivity contribution in [2.75, 3.05) is 0 Å².